The van der Waals surface area contributed by atoms with Crippen molar-refractivity contribution in [3.8, 4) is 0 Å². The zero-order chi connectivity index (χ0) is 9.19. The van der Waals surface area contributed by atoms with E-state index in [4.69, 9.17) is 5.11 Å². The second-order valence-corrected chi connectivity index (χ2v) is 3.81. The van der Waals surface area contributed by atoms with E-state index < -0.39 is 0 Å². The molecule has 0 aliphatic heterocycles. The van der Waals surface area contributed by atoms with Crippen LogP contribution >= 0.6 is 0 Å². The summed E-state index contributed by atoms with van der Waals surface area (Å²) in [4.78, 5) is 12.9. The second-order valence-electron chi connectivity index (χ2n) is 3.81. The first kappa shape index (κ1) is 9.52. The molecule has 12 heavy (non-hydrogen) atoms. The Balaban J connectivity index is 2.61. The molecule has 0 atom stereocenters. The first-order valence-electron chi connectivity index (χ1n) is 4.48. The van der Waals surface area contributed by atoms with Crippen LogP contribution in [0.15, 0.2) is 0 Å². The monoisotopic (exact) mass is 171 g/mol. The van der Waals surface area contributed by atoms with Gasteiger partial charge in [-0.1, -0.05) is 12.8 Å². The van der Waals surface area contributed by atoms with Crippen LogP contribution in [-0.2, 0) is 4.79 Å². The van der Waals surface area contributed by atoms with Gasteiger partial charge in [-0.25, -0.2) is 0 Å². The molecule has 70 valence electrons. The van der Waals surface area contributed by atoms with Crippen LogP contribution in [0.2, 0.25) is 0 Å². The van der Waals surface area contributed by atoms with Gasteiger partial charge in [-0.3, -0.25) is 4.79 Å². The molecule has 3 nitrogen and oxygen atoms in total. The molecule has 1 fully saturated rings. The molecule has 1 N–H and O–H groups in total. The number of carbonyl (C=O) groups is 1. The van der Waals surface area contributed by atoms with Gasteiger partial charge in [-0.05, 0) is 19.8 Å². The quantitative estimate of drug-likeness (QED) is 0.666. The third-order valence-electron chi connectivity index (χ3n) is 3.00. The van der Waals surface area contributed by atoms with Crippen molar-refractivity contribution in [3.05, 3.63) is 0 Å². The number of likely N-dealkylation sites (N-methyl/N-ethyl adjacent to an activating group) is 1. The Morgan fingerprint density at radius 2 is 2.00 bits per heavy atom. The highest BCUT2D eigenvalue weighted by molar-refractivity contribution is 5.77. The summed E-state index contributed by atoms with van der Waals surface area (Å²) >= 11 is 0. The zero-order valence-electron chi connectivity index (χ0n) is 7.84. The smallest absolute Gasteiger partial charge is 0.248 e. The van der Waals surface area contributed by atoms with Crippen molar-refractivity contribution in [2.45, 2.75) is 38.1 Å². The van der Waals surface area contributed by atoms with Gasteiger partial charge >= 0.3 is 0 Å². The summed E-state index contributed by atoms with van der Waals surface area (Å²) in [5, 5.41) is 8.69. The molecule has 1 aliphatic rings. The first-order chi connectivity index (χ1) is 5.60. The van der Waals surface area contributed by atoms with E-state index in [-0.39, 0.29) is 18.1 Å². The molecular weight excluding hydrogens is 154 g/mol. The highest BCUT2D eigenvalue weighted by Gasteiger charge is 2.34. The van der Waals surface area contributed by atoms with E-state index in [9.17, 15) is 4.79 Å². The molecule has 1 amide bonds. The minimum absolute atomic E-state index is 0.000185. The number of rotatable bonds is 2. The van der Waals surface area contributed by atoms with Gasteiger partial charge in [0.15, 0.2) is 0 Å². The topological polar surface area (TPSA) is 40.5 Å². The number of aliphatic hydroxyl groups excluding tert-OH is 1. The van der Waals surface area contributed by atoms with Gasteiger partial charge in [0.1, 0.15) is 6.61 Å². The van der Waals surface area contributed by atoms with Crippen LogP contribution in [0.1, 0.15) is 32.6 Å². The van der Waals surface area contributed by atoms with Crippen molar-refractivity contribution in [2.75, 3.05) is 13.7 Å². The lowest BCUT2D eigenvalue weighted by atomic mass is 9.99. The lowest BCUT2D eigenvalue weighted by Gasteiger charge is -2.35. The molecule has 0 spiro atoms. The number of amides is 1. The van der Waals surface area contributed by atoms with Crippen LogP contribution in [0.5, 0.6) is 0 Å². The summed E-state index contributed by atoms with van der Waals surface area (Å²) in [7, 11) is 1.78. The van der Waals surface area contributed by atoms with Crippen LogP contribution in [0.4, 0.5) is 0 Å². The zero-order valence-corrected chi connectivity index (χ0v) is 7.84. The molecule has 3 heteroatoms. The standard InChI is InChI=1S/C9H17NO2/c1-9(5-3-4-6-9)10(2)8(12)7-11/h11H,3-7H2,1-2H3. The number of hydrogen-bond acceptors (Lipinski definition) is 2. The minimum Gasteiger partial charge on any atom is -0.387 e. The predicted octanol–water partition coefficient (Wildman–Crippen LogP) is 0.770. The Morgan fingerprint density at radius 3 is 2.42 bits per heavy atom. The molecule has 0 aromatic carbocycles. The van der Waals surface area contributed by atoms with E-state index in [1.54, 1.807) is 11.9 Å². The Morgan fingerprint density at radius 1 is 1.50 bits per heavy atom. The molecule has 1 rings (SSSR count). The van der Waals surface area contributed by atoms with E-state index in [1.807, 2.05) is 0 Å². The lowest BCUT2D eigenvalue weighted by Crippen LogP contribution is -2.46. The normalized spacial score (nSPS) is 20.9. The fourth-order valence-electron chi connectivity index (χ4n) is 1.88. The maximum absolute atomic E-state index is 11.2. The summed E-state index contributed by atoms with van der Waals surface area (Å²) in [5.41, 5.74) is -0.000185. The molecule has 0 bridgehead atoms. The van der Waals surface area contributed by atoms with Crippen LogP contribution in [0, 0.1) is 0 Å². The van der Waals surface area contributed by atoms with Crippen molar-refractivity contribution in [1.29, 1.82) is 0 Å². The van der Waals surface area contributed by atoms with Gasteiger partial charge in [0.2, 0.25) is 5.91 Å². The molecule has 0 aromatic heterocycles. The summed E-state index contributed by atoms with van der Waals surface area (Å²) in [6.45, 7) is 1.72. The highest BCUT2D eigenvalue weighted by Crippen LogP contribution is 2.33. The van der Waals surface area contributed by atoms with Crippen LogP contribution < -0.4 is 0 Å². The van der Waals surface area contributed by atoms with Gasteiger partial charge in [-0.2, -0.15) is 0 Å². The third-order valence-corrected chi connectivity index (χ3v) is 3.00. The Labute approximate surface area is 73.4 Å². The summed E-state index contributed by atoms with van der Waals surface area (Å²) in [6.07, 6.45) is 4.52. The minimum atomic E-state index is -0.369. The lowest BCUT2D eigenvalue weighted by molar-refractivity contribution is -0.138. The van der Waals surface area contributed by atoms with Gasteiger partial charge < -0.3 is 10.0 Å². The SMILES string of the molecule is CN(C(=O)CO)C1(C)CCCC1. The Bertz CT molecular complexity index is 173. The second kappa shape index (κ2) is 3.44. The van der Waals surface area contributed by atoms with Crippen molar-refractivity contribution < 1.29 is 9.90 Å². The number of carbonyl (C=O) groups excluding carboxylic acids is 1. The summed E-state index contributed by atoms with van der Waals surface area (Å²) in [6, 6.07) is 0. The van der Waals surface area contributed by atoms with Crippen molar-refractivity contribution in [1.82, 2.24) is 4.90 Å². The van der Waals surface area contributed by atoms with E-state index in [0.717, 1.165) is 12.8 Å². The van der Waals surface area contributed by atoms with Crippen molar-refractivity contribution >= 4 is 5.91 Å². The van der Waals surface area contributed by atoms with Crippen molar-refractivity contribution in [2.24, 2.45) is 0 Å². The number of aliphatic hydroxyl groups is 1. The molecular formula is C9H17NO2. The molecule has 0 radical (unpaired) electrons. The van der Waals surface area contributed by atoms with E-state index in [0.29, 0.717) is 0 Å². The largest absolute Gasteiger partial charge is 0.387 e. The first-order valence-corrected chi connectivity index (χ1v) is 4.48. The van der Waals surface area contributed by atoms with Gasteiger partial charge in [0, 0.05) is 12.6 Å². The van der Waals surface area contributed by atoms with Crippen LogP contribution in [-0.4, -0.2) is 35.1 Å². The fraction of sp³-hybridized carbons (Fsp3) is 0.889. The van der Waals surface area contributed by atoms with Gasteiger partial charge in [-0.15, -0.1) is 0 Å². The van der Waals surface area contributed by atoms with Gasteiger partial charge in [0.25, 0.3) is 0 Å². The molecule has 1 saturated carbocycles. The number of nitrogens with zero attached hydrogens (tertiary/aromatic N) is 1. The van der Waals surface area contributed by atoms with Crippen LogP contribution in [0.3, 0.4) is 0 Å². The Hall–Kier alpha value is -0.570. The van der Waals surface area contributed by atoms with E-state index in [1.165, 1.54) is 12.8 Å². The van der Waals surface area contributed by atoms with Crippen molar-refractivity contribution in [3.63, 3.8) is 0 Å². The predicted molar refractivity (Wildman–Crippen MR) is 46.7 cm³/mol. The fourth-order valence-corrected chi connectivity index (χ4v) is 1.88. The molecule has 1 aliphatic carbocycles. The molecule has 0 saturated heterocycles. The maximum Gasteiger partial charge on any atom is 0.248 e. The van der Waals surface area contributed by atoms with E-state index in [2.05, 4.69) is 6.92 Å². The average molecular weight is 171 g/mol. The average Bonchev–Trinajstić information content (AvgIpc) is 2.50. The van der Waals surface area contributed by atoms with Crippen LogP contribution in [0.25, 0.3) is 0 Å². The molecule has 0 unspecified atom stereocenters. The number of hydrogen-bond donors (Lipinski definition) is 1. The maximum atomic E-state index is 11.2. The Kier molecular flexibility index (Phi) is 2.73. The van der Waals surface area contributed by atoms with E-state index >= 15 is 0 Å². The third kappa shape index (κ3) is 1.61. The molecule has 0 aromatic rings. The molecule has 0 heterocycles. The summed E-state index contributed by atoms with van der Waals surface area (Å²) in [5.74, 6) is -0.167. The summed E-state index contributed by atoms with van der Waals surface area (Å²) < 4.78 is 0. The van der Waals surface area contributed by atoms with Gasteiger partial charge in [0.05, 0.1) is 0 Å². The highest BCUT2D eigenvalue weighted by atomic mass is 16.3.